The molecule has 158 valence electrons. The molecule has 1 aliphatic heterocycles. The van der Waals surface area contributed by atoms with Gasteiger partial charge >= 0.3 is 0 Å². The third-order valence-electron chi connectivity index (χ3n) is 5.06. The summed E-state index contributed by atoms with van der Waals surface area (Å²) in [6, 6.07) is 6.94. The van der Waals surface area contributed by atoms with Crippen LogP contribution >= 0.6 is 11.3 Å². The third-order valence-corrected chi connectivity index (χ3v) is 6.10. The number of amides is 1. The molecule has 1 aromatic heterocycles. The standard InChI is InChI=1S/C21H21F2N3O3S/c1-3-25(4-2)8-9-26(20(27)19-13(22)6-5-7-14(19)23)21-24-15-10-16-17(29-12-28-16)11-18(15)30-21/h5-7,10-11H,3-4,8-9,12H2,1-2H3. The Morgan fingerprint density at radius 3 is 2.43 bits per heavy atom. The van der Waals surface area contributed by atoms with E-state index >= 15 is 0 Å². The van der Waals surface area contributed by atoms with Crippen molar-refractivity contribution in [2.45, 2.75) is 13.8 Å². The monoisotopic (exact) mass is 433 g/mol. The maximum Gasteiger partial charge on any atom is 0.266 e. The highest BCUT2D eigenvalue weighted by molar-refractivity contribution is 7.22. The van der Waals surface area contributed by atoms with Crippen molar-refractivity contribution in [1.29, 1.82) is 0 Å². The molecule has 0 bridgehead atoms. The van der Waals surface area contributed by atoms with Crippen LogP contribution in [0.15, 0.2) is 30.3 Å². The van der Waals surface area contributed by atoms with Crippen LogP contribution in [0.1, 0.15) is 24.2 Å². The van der Waals surface area contributed by atoms with Crippen LogP contribution in [0.2, 0.25) is 0 Å². The molecular formula is C21H21F2N3O3S. The van der Waals surface area contributed by atoms with Crippen molar-refractivity contribution in [3.63, 3.8) is 0 Å². The van der Waals surface area contributed by atoms with Gasteiger partial charge in [-0.2, -0.15) is 0 Å². The van der Waals surface area contributed by atoms with Crippen molar-refractivity contribution in [3.8, 4) is 11.5 Å². The number of fused-ring (bicyclic) bond motifs is 2. The molecule has 0 saturated heterocycles. The van der Waals surface area contributed by atoms with E-state index in [0.717, 1.165) is 29.9 Å². The van der Waals surface area contributed by atoms with Crippen LogP contribution in [0.4, 0.5) is 13.9 Å². The molecule has 0 spiro atoms. The molecule has 0 atom stereocenters. The fraction of sp³-hybridized carbons (Fsp3) is 0.333. The van der Waals surface area contributed by atoms with E-state index in [1.165, 1.54) is 22.3 Å². The van der Waals surface area contributed by atoms with Gasteiger partial charge in [0.25, 0.3) is 5.91 Å². The molecule has 0 saturated carbocycles. The lowest BCUT2D eigenvalue weighted by Gasteiger charge is -2.25. The number of nitrogens with zero attached hydrogens (tertiary/aromatic N) is 3. The number of carbonyl (C=O) groups is 1. The number of aromatic nitrogens is 1. The first kappa shape index (κ1) is 20.5. The predicted octanol–water partition coefficient (Wildman–Crippen LogP) is 4.29. The van der Waals surface area contributed by atoms with Crippen molar-refractivity contribution in [1.82, 2.24) is 9.88 Å². The zero-order chi connectivity index (χ0) is 21.3. The SMILES string of the molecule is CCN(CC)CCN(C(=O)c1c(F)cccc1F)c1nc2cc3c(cc2s1)OCO3. The van der Waals surface area contributed by atoms with Gasteiger partial charge in [-0.25, -0.2) is 13.8 Å². The van der Waals surface area contributed by atoms with Gasteiger partial charge in [0, 0.05) is 25.2 Å². The Morgan fingerprint density at radius 2 is 1.77 bits per heavy atom. The van der Waals surface area contributed by atoms with E-state index in [-0.39, 0.29) is 13.3 Å². The second-order valence-corrected chi connectivity index (χ2v) is 7.76. The number of thiazole rings is 1. The van der Waals surface area contributed by atoms with Crippen LogP contribution in [0.5, 0.6) is 11.5 Å². The van der Waals surface area contributed by atoms with E-state index in [9.17, 15) is 13.6 Å². The maximum atomic E-state index is 14.3. The van der Waals surface area contributed by atoms with Gasteiger partial charge in [-0.15, -0.1) is 0 Å². The Bertz CT molecular complexity index is 1020. The summed E-state index contributed by atoms with van der Waals surface area (Å²) in [6.07, 6.45) is 0. The molecule has 0 aliphatic carbocycles. The molecule has 9 heteroatoms. The van der Waals surface area contributed by atoms with Gasteiger partial charge in [-0.1, -0.05) is 31.3 Å². The molecule has 30 heavy (non-hydrogen) atoms. The van der Waals surface area contributed by atoms with E-state index in [1.54, 1.807) is 12.1 Å². The minimum Gasteiger partial charge on any atom is -0.454 e. The third kappa shape index (κ3) is 3.82. The van der Waals surface area contributed by atoms with Crippen LogP contribution in [-0.4, -0.2) is 48.8 Å². The molecule has 2 heterocycles. The van der Waals surface area contributed by atoms with Crippen molar-refractivity contribution < 1.29 is 23.0 Å². The normalized spacial score (nSPS) is 12.7. The number of benzene rings is 2. The smallest absolute Gasteiger partial charge is 0.266 e. The van der Waals surface area contributed by atoms with Crippen LogP contribution in [0, 0.1) is 11.6 Å². The van der Waals surface area contributed by atoms with Crippen LogP contribution in [-0.2, 0) is 0 Å². The highest BCUT2D eigenvalue weighted by Crippen LogP contribution is 2.40. The van der Waals surface area contributed by atoms with Crippen molar-refractivity contribution >= 4 is 32.6 Å². The summed E-state index contributed by atoms with van der Waals surface area (Å²) >= 11 is 1.27. The Labute approximate surface area is 176 Å². The summed E-state index contributed by atoms with van der Waals surface area (Å²) in [4.78, 5) is 21.2. The Morgan fingerprint density at radius 1 is 1.10 bits per heavy atom. The van der Waals surface area contributed by atoms with Gasteiger partial charge in [0.2, 0.25) is 6.79 Å². The van der Waals surface area contributed by atoms with Crippen molar-refractivity contribution in [2.75, 3.05) is 37.9 Å². The average Bonchev–Trinajstić information content (AvgIpc) is 3.34. The highest BCUT2D eigenvalue weighted by atomic mass is 32.1. The Hall–Kier alpha value is -2.78. The highest BCUT2D eigenvalue weighted by Gasteiger charge is 2.27. The molecule has 2 aromatic carbocycles. The maximum absolute atomic E-state index is 14.3. The number of ether oxygens (including phenoxy) is 2. The first-order valence-corrected chi connectivity index (χ1v) is 10.5. The van der Waals surface area contributed by atoms with Crippen molar-refractivity contribution in [3.05, 3.63) is 47.5 Å². The second-order valence-electron chi connectivity index (χ2n) is 6.75. The van der Waals surface area contributed by atoms with E-state index in [4.69, 9.17) is 9.47 Å². The molecule has 6 nitrogen and oxygen atoms in total. The number of rotatable bonds is 7. The molecule has 0 N–H and O–H groups in total. The minimum atomic E-state index is -0.894. The zero-order valence-corrected chi connectivity index (χ0v) is 17.5. The molecule has 3 aromatic rings. The van der Waals surface area contributed by atoms with Gasteiger partial charge in [0.1, 0.15) is 17.2 Å². The first-order valence-electron chi connectivity index (χ1n) is 9.70. The number of halogens is 2. The van der Waals surface area contributed by atoms with Gasteiger partial charge in [-0.05, 0) is 25.2 Å². The molecule has 1 amide bonds. The van der Waals surface area contributed by atoms with Crippen LogP contribution in [0.3, 0.4) is 0 Å². The number of carbonyl (C=O) groups excluding carboxylic acids is 1. The van der Waals surface area contributed by atoms with Crippen LogP contribution in [0.25, 0.3) is 10.2 Å². The number of anilines is 1. The molecule has 0 unspecified atom stereocenters. The average molecular weight is 433 g/mol. The van der Waals surface area contributed by atoms with Gasteiger partial charge in [0.05, 0.1) is 10.2 Å². The topological polar surface area (TPSA) is 54.9 Å². The van der Waals surface area contributed by atoms with Crippen LogP contribution < -0.4 is 14.4 Å². The van der Waals surface area contributed by atoms with Crippen molar-refractivity contribution in [2.24, 2.45) is 0 Å². The zero-order valence-electron chi connectivity index (χ0n) is 16.7. The number of hydrogen-bond donors (Lipinski definition) is 0. The van der Waals surface area contributed by atoms with E-state index in [2.05, 4.69) is 9.88 Å². The molecular weight excluding hydrogens is 412 g/mol. The first-order chi connectivity index (χ1) is 14.5. The summed E-state index contributed by atoms with van der Waals surface area (Å²) in [7, 11) is 0. The second kappa shape index (κ2) is 8.53. The van der Waals surface area contributed by atoms with Gasteiger partial charge in [-0.3, -0.25) is 9.69 Å². The van der Waals surface area contributed by atoms with E-state index < -0.39 is 23.1 Å². The quantitative estimate of drug-likeness (QED) is 0.556. The van der Waals surface area contributed by atoms with Gasteiger partial charge in [0.15, 0.2) is 16.6 Å². The fourth-order valence-corrected chi connectivity index (χ4v) is 4.32. The summed E-state index contributed by atoms with van der Waals surface area (Å²) < 4.78 is 40.2. The summed E-state index contributed by atoms with van der Waals surface area (Å²) in [6.45, 7) is 6.59. The summed E-state index contributed by atoms with van der Waals surface area (Å²) in [5.74, 6) is -1.35. The molecule has 1 aliphatic rings. The summed E-state index contributed by atoms with van der Waals surface area (Å²) in [5.41, 5.74) is 0.0550. The number of likely N-dealkylation sites (N-methyl/N-ethyl adjacent to an activating group) is 1. The lowest BCUT2D eigenvalue weighted by atomic mass is 10.1. The molecule has 0 fully saturated rings. The largest absolute Gasteiger partial charge is 0.454 e. The lowest BCUT2D eigenvalue weighted by Crippen LogP contribution is -2.39. The Kier molecular flexibility index (Phi) is 5.83. The fourth-order valence-electron chi connectivity index (χ4n) is 3.32. The minimum absolute atomic E-state index is 0.153. The Balaban J connectivity index is 1.73. The lowest BCUT2D eigenvalue weighted by molar-refractivity contribution is 0.0975. The van der Waals surface area contributed by atoms with E-state index in [1.807, 2.05) is 13.8 Å². The summed E-state index contributed by atoms with van der Waals surface area (Å²) in [5, 5.41) is 0.369. The predicted molar refractivity (Wildman–Crippen MR) is 112 cm³/mol. The van der Waals surface area contributed by atoms with Gasteiger partial charge < -0.3 is 14.4 Å². The molecule has 4 rings (SSSR count). The van der Waals surface area contributed by atoms with E-state index in [0.29, 0.717) is 28.7 Å². The number of hydrogen-bond acceptors (Lipinski definition) is 6. The molecule has 0 radical (unpaired) electrons.